The molecule has 13 aliphatic rings. The van der Waals surface area contributed by atoms with E-state index >= 15 is 0 Å². The molecule has 812 valence electrons. The van der Waals surface area contributed by atoms with E-state index in [-0.39, 0.29) is 0 Å². The van der Waals surface area contributed by atoms with E-state index in [2.05, 4.69) is 381 Å². The zero-order chi connectivity index (χ0) is 102. The topological polar surface area (TPSA) is 74.0 Å². The van der Waals surface area contributed by atoms with Crippen molar-refractivity contribution in [2.24, 2.45) is 23.7 Å². The lowest BCUT2D eigenvalue weighted by Gasteiger charge is -2.43. The van der Waals surface area contributed by atoms with Crippen LogP contribution in [0.3, 0.4) is 0 Å². The number of likely N-dealkylation sites (tertiary alicyclic amines) is 12. The molecule has 0 aromatic heterocycles. The Morgan fingerprint density at radius 3 is 0.914 bits per heavy atom. The van der Waals surface area contributed by atoms with Crippen LogP contribution in [0.1, 0.15) is 279 Å². The maximum Gasteiger partial charge on any atom is 0.0594 e. The van der Waals surface area contributed by atoms with Gasteiger partial charge in [-0.2, -0.15) is 0 Å². The fourth-order valence-electron chi connectivity index (χ4n) is 23.6. The van der Waals surface area contributed by atoms with Crippen LogP contribution >= 0.6 is 0 Å². The molecule has 139 heavy (non-hydrogen) atoms. The van der Waals surface area contributed by atoms with Crippen molar-refractivity contribution in [3.05, 3.63) is 71.8 Å². The van der Waals surface area contributed by atoms with Crippen molar-refractivity contribution in [3.8, 4) is 0 Å². The number of rotatable bonds is 30. The van der Waals surface area contributed by atoms with Crippen LogP contribution in [0.2, 0.25) is 0 Å². The molecule has 0 amide bonds. The van der Waals surface area contributed by atoms with Crippen LogP contribution in [-0.4, -0.2) is 488 Å². The lowest BCUT2D eigenvalue weighted by atomic mass is 9.98. The number of ether oxygens (including phenoxy) is 1. The van der Waals surface area contributed by atoms with Crippen molar-refractivity contribution in [1.82, 2.24) is 98.0 Å². The van der Waals surface area contributed by atoms with Gasteiger partial charge in [0.15, 0.2) is 0 Å². The molecule has 13 aliphatic heterocycles. The minimum absolute atomic E-state index is 0.699. The van der Waals surface area contributed by atoms with Gasteiger partial charge in [0, 0.05) is 195 Å². The van der Waals surface area contributed by atoms with Gasteiger partial charge in [0.05, 0.1) is 13.2 Å². The van der Waals surface area contributed by atoms with E-state index in [4.69, 9.17) is 4.74 Å². The lowest BCUT2D eigenvalue weighted by Crippen LogP contribution is -2.53. The molecule has 4 unspecified atom stereocenters. The summed E-state index contributed by atoms with van der Waals surface area (Å²) in [5.41, 5.74) is 2.84. The highest BCUT2D eigenvalue weighted by atomic mass is 16.5. The Morgan fingerprint density at radius 2 is 0.576 bits per heavy atom. The second-order valence-electron chi connectivity index (χ2n) is 48.6. The molecule has 0 bridgehead atoms. The first kappa shape index (κ1) is 125. The highest BCUT2D eigenvalue weighted by Crippen LogP contribution is 2.29. The third-order valence-electron chi connectivity index (χ3n) is 33.7. The van der Waals surface area contributed by atoms with Crippen molar-refractivity contribution >= 4 is 0 Å². The molecule has 21 heteroatoms. The van der Waals surface area contributed by atoms with Crippen LogP contribution in [0.15, 0.2) is 60.7 Å². The predicted octanol–water partition coefficient (Wildman–Crippen LogP) is 17.6. The summed E-state index contributed by atoms with van der Waals surface area (Å²) < 4.78 is 5.37. The Hall–Kier alpha value is -2.40. The first-order chi connectivity index (χ1) is 66.2. The van der Waals surface area contributed by atoms with Gasteiger partial charge >= 0.3 is 0 Å². The van der Waals surface area contributed by atoms with Gasteiger partial charge < -0.3 is 88.0 Å². The van der Waals surface area contributed by atoms with E-state index in [0.29, 0.717) is 12.1 Å². The van der Waals surface area contributed by atoms with E-state index < -0.39 is 0 Å². The highest BCUT2D eigenvalue weighted by Gasteiger charge is 2.35. The second kappa shape index (κ2) is 69.1. The van der Waals surface area contributed by atoms with Gasteiger partial charge in [-0.25, -0.2) is 0 Å². The molecule has 0 aliphatic carbocycles. The van der Waals surface area contributed by atoms with Crippen LogP contribution < -0.4 is 0 Å². The van der Waals surface area contributed by atoms with Crippen LogP contribution in [-0.2, 0) is 17.8 Å². The van der Waals surface area contributed by atoms with E-state index in [1.54, 1.807) is 0 Å². The fourth-order valence-corrected chi connectivity index (χ4v) is 23.6. The third-order valence-corrected chi connectivity index (χ3v) is 33.7. The normalized spacial score (nSPS) is 24.1. The van der Waals surface area contributed by atoms with Crippen molar-refractivity contribution < 1.29 is 4.74 Å². The zero-order valence-electron chi connectivity index (χ0n) is 97.9. The average Bonchev–Trinajstić information content (AvgIpc) is 1.69. The molecule has 0 saturated carbocycles. The van der Waals surface area contributed by atoms with E-state index in [0.717, 1.165) is 148 Å². The lowest BCUT2D eigenvalue weighted by molar-refractivity contribution is 0.0310. The van der Waals surface area contributed by atoms with Gasteiger partial charge in [0.1, 0.15) is 0 Å². The summed E-state index contributed by atoms with van der Waals surface area (Å²) in [6.45, 7) is 95.5. The molecule has 13 fully saturated rings. The Kier molecular flexibility index (Phi) is 62.2. The molecule has 2 aromatic rings. The number of benzene rings is 2. The number of nitrogens with zero attached hydrogens (tertiary/aromatic N) is 20. The standard InChI is InChI=1S/2C16H26N2.C13H26N2.C12H24N2O.C12H26N2.C11H22N2.2C10H22N2.2C9H20N2/c1-14(2)18-11-9-16(10-12-18)17(3)13-15-7-5-4-6-8-15;1-14(2)18-10-9-16(13-18)12-17(3)11-15-7-5-4-6-8-15;1-12(2)14-10-6-13(7-11-14)15-8-4-3-5-9-15;1-11(2)14-4-3-12(10-14)9-13-5-7-15-8-6-13;1-5-13(6-2)12-7-9-14(10-8-12)11(3)4;1-10(2)12-8-4-11(5-9-12)13-6-3-7-13;1-9(2)12-7-5-10(6-8-12)11(3)4;1-9(2)12-6-5-10(8-12)7-11(3)4;1-8(2)11-6-9(7-11)5-10(3)4;1-8(2)11-6-5-9(7-11)10(3)4/h2*4-8,14,16H,9-13H2,1-3H3;12-13H,3-11H2,1-2H3;11-12H,3-10H2,1-2H3;11-12H,5-10H2,1-4H3;10-11H,3-9H2,1-2H3;2*9-10H,5-8H2,1-4H3;2*8-9H,5-7H2,1-4H3. The van der Waals surface area contributed by atoms with Gasteiger partial charge in [0.2, 0.25) is 0 Å². The van der Waals surface area contributed by atoms with Gasteiger partial charge in [0.25, 0.3) is 0 Å². The average molecular weight is 1950 g/mol. The van der Waals surface area contributed by atoms with E-state index in [1.807, 2.05) is 0 Å². The summed E-state index contributed by atoms with van der Waals surface area (Å²) in [5.74, 6) is 3.57. The molecule has 2 aromatic carbocycles. The molecule has 4 atom stereocenters. The van der Waals surface area contributed by atoms with Crippen LogP contribution in [0.4, 0.5) is 0 Å². The third kappa shape index (κ3) is 49.3. The molecule has 15 rings (SSSR count). The molecule has 21 nitrogen and oxygen atoms in total. The summed E-state index contributed by atoms with van der Waals surface area (Å²) in [6, 6.07) is 33.9. The molecule has 13 heterocycles. The monoisotopic (exact) mass is 1950 g/mol. The Bertz CT molecular complexity index is 3180. The zero-order valence-corrected chi connectivity index (χ0v) is 97.9. The minimum Gasteiger partial charge on any atom is -0.379 e. The van der Waals surface area contributed by atoms with Crippen molar-refractivity contribution in [1.29, 1.82) is 0 Å². The van der Waals surface area contributed by atoms with Gasteiger partial charge in [-0.05, 0) is 477 Å². The first-order valence-electron chi connectivity index (χ1n) is 58.2. The first-order valence-corrected chi connectivity index (χ1v) is 58.2. The maximum atomic E-state index is 5.37. The maximum absolute atomic E-state index is 5.37. The molecular weight excluding hydrogens is 1710 g/mol. The molecule has 0 spiro atoms. The number of piperidine rings is 6. The summed E-state index contributed by atoms with van der Waals surface area (Å²) in [6.07, 6.45) is 24.8. The predicted molar refractivity (Wildman–Crippen MR) is 605 cm³/mol. The second-order valence-corrected chi connectivity index (χ2v) is 48.6. The van der Waals surface area contributed by atoms with Crippen LogP contribution in [0.25, 0.3) is 0 Å². The number of hydrogen-bond acceptors (Lipinski definition) is 21. The summed E-state index contributed by atoms with van der Waals surface area (Å²) >= 11 is 0. The van der Waals surface area contributed by atoms with Crippen LogP contribution in [0, 0.1) is 23.7 Å². The quantitative estimate of drug-likeness (QED) is 0.0744. The number of morpholine rings is 1. The van der Waals surface area contributed by atoms with Gasteiger partial charge in [-0.3, -0.25) is 14.7 Å². The Balaban J connectivity index is 0.000000238. The van der Waals surface area contributed by atoms with E-state index in [9.17, 15) is 0 Å². The summed E-state index contributed by atoms with van der Waals surface area (Å²) in [4.78, 5) is 50.7. The number of likely N-dealkylation sites (N-methyl/N-ethyl adjacent to an activating group) is 1. The Labute approximate surface area is 863 Å². The minimum atomic E-state index is 0.699. The SMILES string of the molecule is CC(C)N1CC(CN(C)C)C1.CC(C)N1CCC(CN(C)C)C1.CC(C)N1CCC(CN(C)Cc2ccccc2)C1.CC(C)N1CCC(CN2CCOCC2)C1.CC(C)N1CCC(N(C)C)C1.CC(C)N1CCC(N(C)C)CC1.CC(C)N1CCC(N(C)Cc2ccccc2)CC1.CC(C)N1CCC(N2CCC2)CC1.CC(C)N1CCC(N2CCCCC2)CC1.CCN(CC)C1CCN(C(C)C)CC1. The number of hydrogen-bond donors (Lipinski definition) is 0. The fraction of sp³-hybridized carbons (Fsp3) is 0.898. The summed E-state index contributed by atoms with van der Waals surface area (Å²) in [5, 5.41) is 0. The molecule has 0 radical (unpaired) electrons. The van der Waals surface area contributed by atoms with Crippen molar-refractivity contribution in [2.45, 2.75) is 378 Å². The smallest absolute Gasteiger partial charge is 0.0594 e. The molecular formula is C118H234N20O. The molecule has 13 saturated heterocycles. The Morgan fingerprint density at radius 1 is 0.273 bits per heavy atom. The summed E-state index contributed by atoms with van der Waals surface area (Å²) in [7, 11) is 21.9. The van der Waals surface area contributed by atoms with Crippen LogP contribution in [0.5, 0.6) is 0 Å². The highest BCUT2D eigenvalue weighted by molar-refractivity contribution is 5.15. The molecule has 0 N–H and O–H groups in total. The van der Waals surface area contributed by atoms with Gasteiger partial charge in [-0.1, -0.05) is 80.9 Å². The van der Waals surface area contributed by atoms with Gasteiger partial charge in [-0.15, -0.1) is 0 Å². The van der Waals surface area contributed by atoms with E-state index in [1.165, 1.54) is 323 Å². The van der Waals surface area contributed by atoms with Crippen molar-refractivity contribution in [3.63, 3.8) is 0 Å². The largest absolute Gasteiger partial charge is 0.379 e. The van der Waals surface area contributed by atoms with Crippen molar-refractivity contribution in [2.75, 3.05) is 293 Å².